The zero-order chi connectivity index (χ0) is 15.6. The van der Waals surface area contributed by atoms with Crippen molar-refractivity contribution in [1.82, 2.24) is 4.98 Å². The molecule has 8 heteroatoms. The fourth-order valence-electron chi connectivity index (χ4n) is 1.63. The standard InChI is InChI=1S/C13H9ClN2O4S/c1-7-10(16(19)20)4-8(13(17)18)5-11(7)21-12-3-2-9(14)6-15-12/h2-6H,1H3,(H,17,18). The first-order valence-electron chi connectivity index (χ1n) is 5.70. The first-order valence-corrected chi connectivity index (χ1v) is 6.89. The third-order valence-corrected chi connectivity index (χ3v) is 4.01. The summed E-state index contributed by atoms with van der Waals surface area (Å²) in [5.74, 6) is -1.22. The minimum atomic E-state index is -1.22. The average Bonchev–Trinajstić information content (AvgIpc) is 2.42. The second kappa shape index (κ2) is 6.11. The van der Waals surface area contributed by atoms with E-state index in [4.69, 9.17) is 16.7 Å². The van der Waals surface area contributed by atoms with Gasteiger partial charge in [-0.3, -0.25) is 10.1 Å². The molecule has 0 amide bonds. The molecule has 0 saturated carbocycles. The van der Waals surface area contributed by atoms with Crippen LogP contribution in [0.25, 0.3) is 0 Å². The molecule has 1 heterocycles. The molecule has 0 atom stereocenters. The van der Waals surface area contributed by atoms with Crippen LogP contribution in [-0.2, 0) is 0 Å². The van der Waals surface area contributed by atoms with Crippen LogP contribution in [0.1, 0.15) is 15.9 Å². The van der Waals surface area contributed by atoms with Gasteiger partial charge in [-0.25, -0.2) is 9.78 Å². The van der Waals surface area contributed by atoms with Crippen LogP contribution in [-0.4, -0.2) is 21.0 Å². The Labute approximate surface area is 128 Å². The van der Waals surface area contributed by atoms with Gasteiger partial charge in [0.15, 0.2) is 0 Å². The van der Waals surface area contributed by atoms with Crippen molar-refractivity contribution in [2.24, 2.45) is 0 Å². The number of nitro groups is 1. The maximum absolute atomic E-state index is 11.1. The Kier molecular flexibility index (Phi) is 4.44. The van der Waals surface area contributed by atoms with Crippen molar-refractivity contribution in [1.29, 1.82) is 0 Å². The number of benzene rings is 1. The van der Waals surface area contributed by atoms with Crippen molar-refractivity contribution in [2.45, 2.75) is 16.8 Å². The van der Waals surface area contributed by atoms with Crippen LogP contribution in [0.2, 0.25) is 5.02 Å². The number of carbonyl (C=O) groups is 1. The molecule has 1 aromatic carbocycles. The molecule has 0 saturated heterocycles. The maximum atomic E-state index is 11.1. The third kappa shape index (κ3) is 3.50. The van der Waals surface area contributed by atoms with Crippen LogP contribution in [0.3, 0.4) is 0 Å². The monoisotopic (exact) mass is 324 g/mol. The van der Waals surface area contributed by atoms with Gasteiger partial charge in [0, 0.05) is 22.7 Å². The lowest BCUT2D eigenvalue weighted by Crippen LogP contribution is -2.01. The fraction of sp³-hybridized carbons (Fsp3) is 0.0769. The fourth-order valence-corrected chi connectivity index (χ4v) is 2.65. The van der Waals surface area contributed by atoms with Crippen molar-refractivity contribution in [3.8, 4) is 0 Å². The Morgan fingerprint density at radius 3 is 2.67 bits per heavy atom. The third-order valence-electron chi connectivity index (χ3n) is 2.69. The maximum Gasteiger partial charge on any atom is 0.335 e. The lowest BCUT2D eigenvalue weighted by atomic mass is 10.1. The van der Waals surface area contributed by atoms with Crippen LogP contribution in [0.5, 0.6) is 0 Å². The Balaban J connectivity index is 2.48. The molecule has 0 spiro atoms. The minimum absolute atomic E-state index is 0.135. The second-order valence-corrected chi connectivity index (χ2v) is 5.60. The van der Waals surface area contributed by atoms with Gasteiger partial charge in [-0.2, -0.15) is 0 Å². The van der Waals surface area contributed by atoms with Crippen LogP contribution in [0.15, 0.2) is 40.4 Å². The molecular weight excluding hydrogens is 316 g/mol. The van der Waals surface area contributed by atoms with Gasteiger partial charge in [0.2, 0.25) is 0 Å². The number of aromatic carboxylic acids is 1. The lowest BCUT2D eigenvalue weighted by Gasteiger charge is -2.07. The highest BCUT2D eigenvalue weighted by molar-refractivity contribution is 7.99. The summed E-state index contributed by atoms with van der Waals surface area (Å²) < 4.78 is 0. The number of aromatic nitrogens is 1. The van der Waals surface area contributed by atoms with E-state index in [-0.39, 0.29) is 11.3 Å². The largest absolute Gasteiger partial charge is 0.478 e. The normalized spacial score (nSPS) is 10.4. The van der Waals surface area contributed by atoms with E-state index in [0.717, 1.165) is 17.8 Å². The molecule has 21 heavy (non-hydrogen) atoms. The van der Waals surface area contributed by atoms with Crippen molar-refractivity contribution in [3.63, 3.8) is 0 Å². The van der Waals surface area contributed by atoms with Gasteiger partial charge in [-0.15, -0.1) is 0 Å². The van der Waals surface area contributed by atoms with Gasteiger partial charge in [-0.1, -0.05) is 23.4 Å². The van der Waals surface area contributed by atoms with E-state index in [1.807, 2.05) is 0 Å². The van der Waals surface area contributed by atoms with E-state index < -0.39 is 10.9 Å². The molecule has 1 N–H and O–H groups in total. The average molecular weight is 325 g/mol. The number of hydrogen-bond donors (Lipinski definition) is 1. The predicted octanol–water partition coefficient (Wildman–Crippen LogP) is 3.80. The van der Waals surface area contributed by atoms with Crippen molar-refractivity contribution < 1.29 is 14.8 Å². The molecule has 0 fully saturated rings. The van der Waals surface area contributed by atoms with Gasteiger partial charge in [0.05, 0.1) is 15.5 Å². The number of carboxylic acid groups (broad SMARTS) is 1. The number of hydrogen-bond acceptors (Lipinski definition) is 5. The van der Waals surface area contributed by atoms with E-state index >= 15 is 0 Å². The van der Waals surface area contributed by atoms with Crippen LogP contribution in [0, 0.1) is 17.0 Å². The first-order chi connectivity index (χ1) is 9.88. The summed E-state index contributed by atoms with van der Waals surface area (Å²) in [5, 5.41) is 21.1. The second-order valence-electron chi connectivity index (χ2n) is 4.10. The number of carboxylic acids is 1. The predicted molar refractivity (Wildman–Crippen MR) is 78.2 cm³/mol. The number of rotatable bonds is 4. The van der Waals surface area contributed by atoms with Gasteiger partial charge >= 0.3 is 5.97 Å². The molecule has 108 valence electrons. The Morgan fingerprint density at radius 2 is 2.14 bits per heavy atom. The summed E-state index contributed by atoms with van der Waals surface area (Å²) in [5.41, 5.74) is 0.0295. The Bertz CT molecular complexity index is 719. The van der Waals surface area contributed by atoms with Crippen LogP contribution < -0.4 is 0 Å². The molecule has 6 nitrogen and oxygen atoms in total. The topological polar surface area (TPSA) is 93.3 Å². The Hall–Kier alpha value is -2.12. The molecule has 0 radical (unpaired) electrons. The van der Waals surface area contributed by atoms with Crippen molar-refractivity contribution >= 4 is 35.0 Å². The highest BCUT2D eigenvalue weighted by Gasteiger charge is 2.19. The van der Waals surface area contributed by atoms with Crippen molar-refractivity contribution in [2.75, 3.05) is 0 Å². The van der Waals surface area contributed by atoms with Gasteiger partial charge < -0.3 is 5.11 Å². The Morgan fingerprint density at radius 1 is 1.43 bits per heavy atom. The minimum Gasteiger partial charge on any atom is -0.478 e. The molecule has 1 aromatic heterocycles. The summed E-state index contributed by atoms with van der Waals surface area (Å²) >= 11 is 6.89. The summed E-state index contributed by atoms with van der Waals surface area (Å²) in [4.78, 5) is 26.0. The molecule has 0 bridgehead atoms. The summed E-state index contributed by atoms with van der Waals surface area (Å²) in [7, 11) is 0. The smallest absolute Gasteiger partial charge is 0.335 e. The van der Waals surface area contributed by atoms with E-state index in [1.54, 1.807) is 19.1 Å². The number of nitro benzene ring substituents is 1. The van der Waals surface area contributed by atoms with Gasteiger partial charge in [0.1, 0.15) is 5.03 Å². The summed E-state index contributed by atoms with van der Waals surface area (Å²) in [6.07, 6.45) is 1.45. The zero-order valence-electron chi connectivity index (χ0n) is 10.7. The summed E-state index contributed by atoms with van der Waals surface area (Å²) in [6, 6.07) is 5.75. The molecule has 0 aliphatic carbocycles. The molecule has 0 aliphatic heterocycles. The van der Waals surface area contributed by atoms with Crippen LogP contribution >= 0.6 is 23.4 Å². The van der Waals surface area contributed by atoms with E-state index in [9.17, 15) is 14.9 Å². The highest BCUT2D eigenvalue weighted by atomic mass is 35.5. The van der Waals surface area contributed by atoms with E-state index in [2.05, 4.69) is 4.98 Å². The molecule has 0 unspecified atom stereocenters. The van der Waals surface area contributed by atoms with Crippen molar-refractivity contribution in [3.05, 3.63) is 56.7 Å². The number of pyridine rings is 1. The zero-order valence-corrected chi connectivity index (χ0v) is 12.3. The molecule has 2 aromatic rings. The first kappa shape index (κ1) is 15.3. The molecule has 0 aliphatic rings. The SMILES string of the molecule is Cc1c(Sc2ccc(Cl)cn2)cc(C(=O)O)cc1[N+](=O)[O-]. The highest BCUT2D eigenvalue weighted by Crippen LogP contribution is 2.35. The van der Waals surface area contributed by atoms with E-state index in [0.29, 0.717) is 20.5 Å². The van der Waals surface area contributed by atoms with E-state index in [1.165, 1.54) is 12.3 Å². The lowest BCUT2D eigenvalue weighted by molar-refractivity contribution is -0.385. The quantitative estimate of drug-likeness (QED) is 0.679. The molecular formula is C13H9ClN2O4S. The molecule has 2 rings (SSSR count). The summed E-state index contributed by atoms with van der Waals surface area (Å²) in [6.45, 7) is 1.57. The van der Waals surface area contributed by atoms with Gasteiger partial charge in [0.25, 0.3) is 5.69 Å². The number of nitrogens with zero attached hydrogens (tertiary/aromatic N) is 2. The number of halogens is 1. The van der Waals surface area contributed by atoms with Crippen LogP contribution in [0.4, 0.5) is 5.69 Å². The van der Waals surface area contributed by atoms with Gasteiger partial charge in [-0.05, 0) is 25.1 Å².